The minimum atomic E-state index is 0.112. The van der Waals surface area contributed by atoms with E-state index in [1.807, 2.05) is 17.4 Å². The Morgan fingerprint density at radius 2 is 2.12 bits per heavy atom. The quantitative estimate of drug-likeness (QED) is 0.843. The second kappa shape index (κ2) is 6.31. The van der Waals surface area contributed by atoms with Crippen LogP contribution in [-0.2, 0) is 13.0 Å². The molecular weight excluding hydrogens is 248 g/mol. The molecule has 0 aromatic carbocycles. The molecule has 0 amide bonds. The number of nitrogens with one attached hydrogen (secondary N) is 1. The van der Waals surface area contributed by atoms with E-state index in [2.05, 4.69) is 35.8 Å². The summed E-state index contributed by atoms with van der Waals surface area (Å²) >= 11 is 3.60. The Bertz CT molecular complexity index is 434. The van der Waals surface area contributed by atoms with E-state index in [1.165, 1.54) is 14.6 Å². The predicted octanol–water partition coefficient (Wildman–Crippen LogP) is 3.16. The second-order valence-corrected chi connectivity index (χ2v) is 6.21. The van der Waals surface area contributed by atoms with Gasteiger partial charge in [-0.25, -0.2) is 0 Å². The zero-order chi connectivity index (χ0) is 12.1. The van der Waals surface area contributed by atoms with E-state index >= 15 is 0 Å². The second-order valence-electron chi connectivity index (χ2n) is 3.97. The Hall–Kier alpha value is -0.680. The lowest BCUT2D eigenvalue weighted by Crippen LogP contribution is -2.25. The summed E-state index contributed by atoms with van der Waals surface area (Å²) in [7, 11) is 0. The predicted molar refractivity (Wildman–Crippen MR) is 76.7 cm³/mol. The van der Waals surface area contributed by atoms with Crippen molar-refractivity contribution >= 4 is 22.7 Å². The van der Waals surface area contributed by atoms with Gasteiger partial charge in [-0.3, -0.25) is 0 Å². The highest BCUT2D eigenvalue weighted by atomic mass is 32.1. The molecule has 0 radical (unpaired) electrons. The molecule has 92 valence electrons. The van der Waals surface area contributed by atoms with Crippen LogP contribution in [0.5, 0.6) is 0 Å². The molecule has 4 heteroatoms. The third-order valence-corrected chi connectivity index (χ3v) is 4.87. The molecule has 2 heterocycles. The van der Waals surface area contributed by atoms with E-state index in [1.54, 1.807) is 11.3 Å². The van der Waals surface area contributed by atoms with Crippen molar-refractivity contribution in [1.82, 2.24) is 5.32 Å². The molecular formula is C13H18N2S2. The summed E-state index contributed by atoms with van der Waals surface area (Å²) in [6.45, 7) is 3.94. The van der Waals surface area contributed by atoms with Crippen LogP contribution in [0.1, 0.15) is 27.6 Å². The van der Waals surface area contributed by atoms with E-state index in [4.69, 9.17) is 5.73 Å². The molecule has 2 nitrogen and oxygen atoms in total. The highest BCUT2D eigenvalue weighted by molar-refractivity contribution is 7.12. The van der Waals surface area contributed by atoms with Crippen molar-refractivity contribution in [2.75, 3.05) is 6.54 Å². The van der Waals surface area contributed by atoms with Crippen LogP contribution in [0.15, 0.2) is 29.6 Å². The third kappa shape index (κ3) is 3.64. The fourth-order valence-electron chi connectivity index (χ4n) is 1.66. The van der Waals surface area contributed by atoms with Crippen LogP contribution in [0.2, 0.25) is 0 Å². The lowest BCUT2D eigenvalue weighted by Gasteiger charge is -2.10. The summed E-state index contributed by atoms with van der Waals surface area (Å²) < 4.78 is 0. The van der Waals surface area contributed by atoms with Crippen molar-refractivity contribution in [2.45, 2.75) is 25.9 Å². The SMILES string of the molecule is CCc1ccc(CNCC(N)c2cccs2)s1. The normalized spacial score (nSPS) is 12.8. The summed E-state index contributed by atoms with van der Waals surface area (Å²) in [5.41, 5.74) is 6.09. The fraction of sp³-hybridized carbons (Fsp3) is 0.385. The van der Waals surface area contributed by atoms with Gasteiger partial charge in [-0.1, -0.05) is 13.0 Å². The highest BCUT2D eigenvalue weighted by Gasteiger charge is 2.06. The maximum atomic E-state index is 6.09. The number of hydrogen-bond donors (Lipinski definition) is 2. The van der Waals surface area contributed by atoms with Gasteiger partial charge in [0.05, 0.1) is 6.04 Å². The number of thiophene rings is 2. The van der Waals surface area contributed by atoms with E-state index in [0.717, 1.165) is 19.5 Å². The summed E-state index contributed by atoms with van der Waals surface area (Å²) in [5.74, 6) is 0. The molecule has 1 unspecified atom stereocenters. The molecule has 0 bridgehead atoms. The molecule has 0 aliphatic heterocycles. The summed E-state index contributed by atoms with van der Waals surface area (Å²) in [5, 5.41) is 5.49. The van der Waals surface area contributed by atoms with Crippen LogP contribution in [0.25, 0.3) is 0 Å². The topological polar surface area (TPSA) is 38.0 Å². The van der Waals surface area contributed by atoms with Gasteiger partial charge in [0, 0.05) is 27.7 Å². The first kappa shape index (κ1) is 12.8. The lowest BCUT2D eigenvalue weighted by atomic mass is 10.2. The molecule has 3 N–H and O–H groups in total. The van der Waals surface area contributed by atoms with Crippen molar-refractivity contribution in [2.24, 2.45) is 5.73 Å². The number of nitrogens with two attached hydrogens (primary N) is 1. The summed E-state index contributed by atoms with van der Waals surface area (Å²) in [6, 6.07) is 8.67. The number of hydrogen-bond acceptors (Lipinski definition) is 4. The number of aryl methyl sites for hydroxylation is 1. The first-order valence-electron chi connectivity index (χ1n) is 5.87. The maximum absolute atomic E-state index is 6.09. The molecule has 0 aliphatic carbocycles. The van der Waals surface area contributed by atoms with Crippen LogP contribution in [0.3, 0.4) is 0 Å². The zero-order valence-electron chi connectivity index (χ0n) is 9.98. The van der Waals surface area contributed by atoms with E-state index < -0.39 is 0 Å². The standard InChI is InChI=1S/C13H18N2S2/c1-2-10-5-6-11(17-10)8-15-9-12(14)13-4-3-7-16-13/h3-7,12,15H,2,8-9,14H2,1H3. The average Bonchev–Trinajstić information content (AvgIpc) is 3.00. The largest absolute Gasteiger partial charge is 0.322 e. The van der Waals surface area contributed by atoms with Gasteiger partial charge < -0.3 is 11.1 Å². The number of rotatable bonds is 6. The van der Waals surface area contributed by atoms with Crippen molar-refractivity contribution in [1.29, 1.82) is 0 Å². The Balaban J connectivity index is 1.76. The smallest absolute Gasteiger partial charge is 0.0516 e. The summed E-state index contributed by atoms with van der Waals surface area (Å²) in [4.78, 5) is 4.09. The molecule has 2 aromatic rings. The average molecular weight is 266 g/mol. The van der Waals surface area contributed by atoms with Crippen LogP contribution >= 0.6 is 22.7 Å². The van der Waals surface area contributed by atoms with Gasteiger partial charge in [0.25, 0.3) is 0 Å². The lowest BCUT2D eigenvalue weighted by molar-refractivity contribution is 0.608. The van der Waals surface area contributed by atoms with E-state index in [0.29, 0.717) is 0 Å². The molecule has 0 fully saturated rings. The minimum absolute atomic E-state index is 0.112. The molecule has 0 saturated heterocycles. The summed E-state index contributed by atoms with van der Waals surface area (Å²) in [6.07, 6.45) is 1.12. The Kier molecular flexibility index (Phi) is 4.74. The molecule has 0 aliphatic rings. The first-order chi connectivity index (χ1) is 8.29. The van der Waals surface area contributed by atoms with Crippen molar-refractivity contribution < 1.29 is 0 Å². The molecule has 2 rings (SSSR count). The molecule has 1 atom stereocenters. The molecule has 17 heavy (non-hydrogen) atoms. The van der Waals surface area contributed by atoms with Crippen LogP contribution in [-0.4, -0.2) is 6.54 Å². The minimum Gasteiger partial charge on any atom is -0.322 e. The maximum Gasteiger partial charge on any atom is 0.0516 e. The first-order valence-corrected chi connectivity index (χ1v) is 7.56. The molecule has 0 saturated carbocycles. The van der Waals surface area contributed by atoms with E-state index in [9.17, 15) is 0 Å². The Labute approximate surface area is 110 Å². The Morgan fingerprint density at radius 1 is 1.29 bits per heavy atom. The van der Waals surface area contributed by atoms with Gasteiger partial charge in [0.2, 0.25) is 0 Å². The van der Waals surface area contributed by atoms with Crippen molar-refractivity contribution in [3.63, 3.8) is 0 Å². The van der Waals surface area contributed by atoms with Crippen LogP contribution in [0.4, 0.5) is 0 Å². The van der Waals surface area contributed by atoms with Gasteiger partial charge in [0.1, 0.15) is 0 Å². The monoisotopic (exact) mass is 266 g/mol. The molecule has 0 spiro atoms. The van der Waals surface area contributed by atoms with Crippen LogP contribution in [0, 0.1) is 0 Å². The van der Waals surface area contributed by atoms with Gasteiger partial charge >= 0.3 is 0 Å². The Morgan fingerprint density at radius 3 is 2.76 bits per heavy atom. The van der Waals surface area contributed by atoms with Crippen molar-refractivity contribution in [3.8, 4) is 0 Å². The van der Waals surface area contributed by atoms with Gasteiger partial charge in [-0.2, -0.15) is 0 Å². The van der Waals surface area contributed by atoms with Gasteiger partial charge in [-0.15, -0.1) is 22.7 Å². The van der Waals surface area contributed by atoms with Crippen molar-refractivity contribution in [3.05, 3.63) is 44.3 Å². The molecule has 2 aromatic heterocycles. The third-order valence-electron chi connectivity index (χ3n) is 2.64. The highest BCUT2D eigenvalue weighted by Crippen LogP contribution is 2.18. The fourth-order valence-corrected chi connectivity index (χ4v) is 3.32. The van der Waals surface area contributed by atoms with Gasteiger partial charge in [0.15, 0.2) is 0 Å². The van der Waals surface area contributed by atoms with Gasteiger partial charge in [-0.05, 0) is 30.0 Å². The van der Waals surface area contributed by atoms with Crippen LogP contribution < -0.4 is 11.1 Å². The van der Waals surface area contributed by atoms with E-state index in [-0.39, 0.29) is 6.04 Å². The zero-order valence-corrected chi connectivity index (χ0v) is 11.6.